The highest BCUT2D eigenvalue weighted by atomic mass is 32.2. The second-order valence-corrected chi connectivity index (χ2v) is 7.08. The number of hydrogen-bond acceptors (Lipinski definition) is 3. The number of nitrogens with zero attached hydrogens (tertiary/aromatic N) is 1. The van der Waals surface area contributed by atoms with Crippen LogP contribution < -0.4 is 4.31 Å². The molecular weight excluding hydrogens is 286 g/mol. The summed E-state index contributed by atoms with van der Waals surface area (Å²) in [5, 5.41) is 0. The van der Waals surface area contributed by atoms with Crippen molar-refractivity contribution in [2.75, 3.05) is 10.1 Å². The molecule has 1 aliphatic heterocycles. The number of Topliss-reactive ketones (excluding diaryl/α,β-unsaturated/α-hetero) is 1. The van der Waals surface area contributed by atoms with Gasteiger partial charge in [-0.25, -0.2) is 8.42 Å². The molecule has 0 N–H and O–H groups in total. The van der Waals surface area contributed by atoms with E-state index >= 15 is 0 Å². The SMILES string of the molecule is Cc1ccc(CN2c3ccccc3C(=O)CS2(=O)=O)cc1. The molecule has 3 rings (SSSR count). The molecule has 108 valence electrons. The van der Waals surface area contributed by atoms with Crippen LogP contribution in [0.1, 0.15) is 21.5 Å². The van der Waals surface area contributed by atoms with Crippen molar-refractivity contribution < 1.29 is 13.2 Å². The minimum Gasteiger partial charge on any atom is -0.293 e. The first-order valence-electron chi connectivity index (χ1n) is 6.65. The van der Waals surface area contributed by atoms with E-state index in [-0.39, 0.29) is 12.3 Å². The molecule has 0 aromatic heterocycles. The predicted octanol–water partition coefficient (Wildman–Crippen LogP) is 2.53. The maximum Gasteiger partial charge on any atom is 0.243 e. The Morgan fingerprint density at radius 3 is 2.43 bits per heavy atom. The zero-order chi connectivity index (χ0) is 15.0. The molecule has 1 aliphatic rings. The Kier molecular flexibility index (Phi) is 3.29. The van der Waals surface area contributed by atoms with Gasteiger partial charge in [0.1, 0.15) is 5.75 Å². The third kappa shape index (κ3) is 2.56. The third-order valence-corrected chi connectivity index (χ3v) is 5.19. The van der Waals surface area contributed by atoms with Crippen molar-refractivity contribution >= 4 is 21.5 Å². The van der Waals surface area contributed by atoms with Crippen LogP contribution in [0.5, 0.6) is 0 Å². The van der Waals surface area contributed by atoms with E-state index in [1.807, 2.05) is 31.2 Å². The highest BCUT2D eigenvalue weighted by Crippen LogP contribution is 2.30. The zero-order valence-electron chi connectivity index (χ0n) is 11.6. The van der Waals surface area contributed by atoms with Crippen LogP contribution in [0.25, 0.3) is 0 Å². The number of fused-ring (bicyclic) bond motifs is 1. The molecule has 2 aromatic carbocycles. The van der Waals surface area contributed by atoms with Crippen LogP contribution in [-0.2, 0) is 16.6 Å². The van der Waals surface area contributed by atoms with E-state index in [1.165, 1.54) is 4.31 Å². The van der Waals surface area contributed by atoms with Gasteiger partial charge in [-0.1, -0.05) is 42.0 Å². The van der Waals surface area contributed by atoms with E-state index in [0.29, 0.717) is 11.3 Å². The topological polar surface area (TPSA) is 54.5 Å². The van der Waals surface area contributed by atoms with Gasteiger partial charge in [0, 0.05) is 5.56 Å². The van der Waals surface area contributed by atoms with Crippen molar-refractivity contribution in [2.45, 2.75) is 13.5 Å². The molecule has 1 heterocycles. The van der Waals surface area contributed by atoms with Crippen LogP contribution in [0.4, 0.5) is 5.69 Å². The second-order valence-electron chi connectivity index (χ2n) is 5.19. The van der Waals surface area contributed by atoms with Crippen molar-refractivity contribution in [1.82, 2.24) is 0 Å². The molecule has 0 spiro atoms. The Balaban J connectivity index is 2.05. The summed E-state index contributed by atoms with van der Waals surface area (Å²) in [5.74, 6) is -0.804. The van der Waals surface area contributed by atoms with Gasteiger partial charge in [-0.05, 0) is 24.6 Å². The van der Waals surface area contributed by atoms with E-state index < -0.39 is 15.8 Å². The minimum absolute atomic E-state index is 0.243. The fourth-order valence-corrected chi connectivity index (χ4v) is 3.89. The first-order valence-corrected chi connectivity index (χ1v) is 8.26. The Bertz CT molecular complexity index is 795. The summed E-state index contributed by atoms with van der Waals surface area (Å²) in [5.41, 5.74) is 2.96. The van der Waals surface area contributed by atoms with Crippen LogP contribution in [-0.4, -0.2) is 20.0 Å². The quantitative estimate of drug-likeness (QED) is 0.856. The van der Waals surface area contributed by atoms with Crippen molar-refractivity contribution in [1.29, 1.82) is 0 Å². The number of carbonyl (C=O) groups excluding carboxylic acids is 1. The number of benzene rings is 2. The number of sulfonamides is 1. The Labute approximate surface area is 124 Å². The molecule has 0 fully saturated rings. The lowest BCUT2D eigenvalue weighted by molar-refractivity contribution is 0.102. The normalized spacial score (nSPS) is 16.6. The van der Waals surface area contributed by atoms with Crippen LogP contribution >= 0.6 is 0 Å². The summed E-state index contributed by atoms with van der Waals surface area (Å²) in [6.07, 6.45) is 0. The molecule has 0 amide bonds. The molecular formula is C16H15NO3S. The minimum atomic E-state index is -3.61. The van der Waals surface area contributed by atoms with Crippen LogP contribution in [0.2, 0.25) is 0 Å². The van der Waals surface area contributed by atoms with E-state index in [0.717, 1.165) is 11.1 Å². The molecule has 0 saturated carbocycles. The third-order valence-electron chi connectivity index (χ3n) is 3.57. The maximum absolute atomic E-state index is 12.3. The molecule has 0 atom stereocenters. The summed E-state index contributed by atoms with van der Waals surface area (Å²) < 4.78 is 26.0. The predicted molar refractivity (Wildman–Crippen MR) is 81.9 cm³/mol. The number of aryl methyl sites for hydroxylation is 1. The Hall–Kier alpha value is -2.14. The van der Waals surface area contributed by atoms with Gasteiger partial charge in [0.2, 0.25) is 10.0 Å². The van der Waals surface area contributed by atoms with E-state index in [4.69, 9.17) is 0 Å². The number of hydrogen-bond donors (Lipinski definition) is 0. The second kappa shape index (κ2) is 5.00. The summed E-state index contributed by atoms with van der Waals surface area (Å²) in [7, 11) is -3.61. The van der Waals surface area contributed by atoms with Crippen molar-refractivity contribution in [3.63, 3.8) is 0 Å². The van der Waals surface area contributed by atoms with Gasteiger partial charge in [-0.15, -0.1) is 0 Å². The van der Waals surface area contributed by atoms with Gasteiger partial charge in [0.15, 0.2) is 5.78 Å². The summed E-state index contributed by atoms with van der Waals surface area (Å²) in [6.45, 7) is 2.22. The number of anilines is 1. The van der Waals surface area contributed by atoms with Gasteiger partial charge in [-0.3, -0.25) is 9.10 Å². The van der Waals surface area contributed by atoms with Gasteiger partial charge in [-0.2, -0.15) is 0 Å². The lowest BCUT2D eigenvalue weighted by atomic mass is 10.1. The molecule has 0 bridgehead atoms. The van der Waals surface area contributed by atoms with Crippen molar-refractivity contribution in [3.05, 3.63) is 65.2 Å². The average Bonchev–Trinajstić information content (AvgIpc) is 2.45. The fourth-order valence-electron chi connectivity index (χ4n) is 2.44. The number of para-hydroxylation sites is 1. The van der Waals surface area contributed by atoms with Gasteiger partial charge >= 0.3 is 0 Å². The molecule has 5 heteroatoms. The molecule has 0 aliphatic carbocycles. The molecule has 4 nitrogen and oxygen atoms in total. The smallest absolute Gasteiger partial charge is 0.243 e. The van der Waals surface area contributed by atoms with E-state index in [2.05, 4.69) is 0 Å². The molecule has 21 heavy (non-hydrogen) atoms. The van der Waals surface area contributed by atoms with Crippen molar-refractivity contribution in [2.24, 2.45) is 0 Å². The highest BCUT2D eigenvalue weighted by Gasteiger charge is 2.34. The maximum atomic E-state index is 12.3. The average molecular weight is 301 g/mol. The Morgan fingerprint density at radius 1 is 1.05 bits per heavy atom. The monoisotopic (exact) mass is 301 g/mol. The zero-order valence-corrected chi connectivity index (χ0v) is 12.4. The number of rotatable bonds is 2. The highest BCUT2D eigenvalue weighted by molar-refractivity contribution is 7.93. The van der Waals surface area contributed by atoms with Gasteiger partial charge < -0.3 is 0 Å². The van der Waals surface area contributed by atoms with Crippen LogP contribution in [0, 0.1) is 6.92 Å². The summed E-state index contributed by atoms with van der Waals surface area (Å²) >= 11 is 0. The molecule has 0 unspecified atom stereocenters. The standard InChI is InChI=1S/C16H15NO3S/c1-12-6-8-13(9-7-12)10-17-15-5-3-2-4-14(15)16(18)11-21(17,19)20/h2-9H,10-11H2,1H3. The number of carbonyl (C=O) groups is 1. The van der Waals surface area contributed by atoms with Crippen LogP contribution in [0.3, 0.4) is 0 Å². The van der Waals surface area contributed by atoms with Crippen LogP contribution in [0.15, 0.2) is 48.5 Å². The van der Waals surface area contributed by atoms with Gasteiger partial charge in [0.25, 0.3) is 0 Å². The molecule has 2 aromatic rings. The Morgan fingerprint density at radius 2 is 1.71 bits per heavy atom. The lowest BCUT2D eigenvalue weighted by Gasteiger charge is -2.29. The van der Waals surface area contributed by atoms with Crippen molar-refractivity contribution in [3.8, 4) is 0 Å². The molecule has 0 radical (unpaired) electrons. The first kappa shape index (κ1) is 13.8. The summed E-state index contributed by atoms with van der Waals surface area (Å²) in [4.78, 5) is 11.9. The molecule has 0 saturated heterocycles. The van der Waals surface area contributed by atoms with E-state index in [9.17, 15) is 13.2 Å². The number of ketones is 1. The lowest BCUT2D eigenvalue weighted by Crippen LogP contribution is -2.40. The van der Waals surface area contributed by atoms with Gasteiger partial charge in [0.05, 0.1) is 12.2 Å². The largest absolute Gasteiger partial charge is 0.293 e. The summed E-state index contributed by atoms with van der Waals surface area (Å²) in [6, 6.07) is 14.6. The first-order chi connectivity index (χ1) is 9.97. The fraction of sp³-hybridized carbons (Fsp3) is 0.188. The van der Waals surface area contributed by atoms with E-state index in [1.54, 1.807) is 24.3 Å².